The van der Waals surface area contributed by atoms with Gasteiger partial charge in [0.25, 0.3) is 0 Å². The molecule has 2 aromatic rings. The van der Waals surface area contributed by atoms with Crippen LogP contribution in [0.4, 0.5) is 5.69 Å². The number of pyridine rings is 1. The second-order valence-corrected chi connectivity index (χ2v) is 3.01. The van der Waals surface area contributed by atoms with Crippen molar-refractivity contribution in [2.24, 2.45) is 0 Å². The molecule has 14 heavy (non-hydrogen) atoms. The van der Waals surface area contributed by atoms with Crippen molar-refractivity contribution in [1.29, 1.82) is 0 Å². The number of nitrogens with two attached hydrogens (primary N) is 1. The fraction of sp³-hybridized carbons (Fsp3) is 0.182. The number of hydrogen-bond acceptors (Lipinski definition) is 3. The number of rotatable bonds is 2. The Morgan fingerprint density at radius 2 is 2.21 bits per heavy atom. The summed E-state index contributed by atoms with van der Waals surface area (Å²) >= 11 is 0. The van der Waals surface area contributed by atoms with E-state index in [0.717, 1.165) is 16.5 Å². The molecule has 0 radical (unpaired) electrons. The van der Waals surface area contributed by atoms with Gasteiger partial charge in [0.05, 0.1) is 12.3 Å². The van der Waals surface area contributed by atoms with Gasteiger partial charge in [0.1, 0.15) is 5.75 Å². The number of hydrogen-bond donors (Lipinski definition) is 1. The smallest absolute Gasteiger partial charge is 0.142 e. The summed E-state index contributed by atoms with van der Waals surface area (Å²) in [6, 6.07) is 5.74. The van der Waals surface area contributed by atoms with Crippen molar-refractivity contribution >= 4 is 16.5 Å². The molecule has 2 N–H and O–H groups in total. The van der Waals surface area contributed by atoms with Crippen LogP contribution < -0.4 is 10.5 Å². The first-order chi connectivity index (χ1) is 6.83. The summed E-state index contributed by atoms with van der Waals surface area (Å²) in [4.78, 5) is 4.03. The first-order valence-electron chi connectivity index (χ1n) is 4.58. The highest BCUT2D eigenvalue weighted by molar-refractivity contribution is 5.95. The minimum absolute atomic E-state index is 0.626. The Hall–Kier alpha value is -1.77. The molecule has 0 saturated carbocycles. The number of ether oxygens (including phenoxy) is 1. The Kier molecular flexibility index (Phi) is 2.23. The third-order valence-corrected chi connectivity index (χ3v) is 2.12. The largest absolute Gasteiger partial charge is 0.492 e. The van der Waals surface area contributed by atoms with E-state index in [1.54, 1.807) is 12.4 Å². The Morgan fingerprint density at radius 3 is 3.00 bits per heavy atom. The normalized spacial score (nSPS) is 10.4. The highest BCUT2D eigenvalue weighted by atomic mass is 16.5. The second-order valence-electron chi connectivity index (χ2n) is 3.01. The van der Waals surface area contributed by atoms with Crippen molar-refractivity contribution in [1.82, 2.24) is 4.98 Å². The highest BCUT2D eigenvalue weighted by Gasteiger charge is 2.03. The van der Waals surface area contributed by atoms with E-state index in [1.165, 1.54) is 0 Å². The minimum Gasteiger partial charge on any atom is -0.492 e. The molecule has 0 bridgehead atoms. The first kappa shape index (κ1) is 8.81. The number of aromatic nitrogens is 1. The summed E-state index contributed by atoms with van der Waals surface area (Å²) < 4.78 is 5.40. The van der Waals surface area contributed by atoms with Gasteiger partial charge in [-0.15, -0.1) is 0 Å². The van der Waals surface area contributed by atoms with Crippen LogP contribution in [0.3, 0.4) is 0 Å². The first-order valence-corrected chi connectivity index (χ1v) is 4.58. The summed E-state index contributed by atoms with van der Waals surface area (Å²) in [5, 5.41) is 2.03. The van der Waals surface area contributed by atoms with Gasteiger partial charge in [-0.25, -0.2) is 0 Å². The molecule has 3 nitrogen and oxygen atoms in total. The lowest BCUT2D eigenvalue weighted by Gasteiger charge is -2.08. The van der Waals surface area contributed by atoms with Gasteiger partial charge in [-0.05, 0) is 25.1 Å². The molecular weight excluding hydrogens is 176 g/mol. The molecule has 2 rings (SSSR count). The predicted octanol–water partition coefficient (Wildman–Crippen LogP) is 2.22. The molecule has 72 valence electrons. The molecule has 0 amide bonds. The standard InChI is InChI=1S/C11H12N2O/c1-2-14-10-4-3-8-7-13-6-5-9(8)11(10)12/h3-7H,2,12H2,1H3. The van der Waals surface area contributed by atoms with E-state index in [4.69, 9.17) is 10.5 Å². The number of anilines is 1. The summed E-state index contributed by atoms with van der Waals surface area (Å²) in [6.07, 6.45) is 3.52. The number of nitrogen functional groups attached to an aromatic ring is 1. The van der Waals surface area contributed by atoms with E-state index in [2.05, 4.69) is 4.98 Å². The van der Waals surface area contributed by atoms with Crippen LogP contribution in [0.5, 0.6) is 5.75 Å². The average Bonchev–Trinajstić information content (AvgIpc) is 2.23. The quantitative estimate of drug-likeness (QED) is 0.735. The van der Waals surface area contributed by atoms with Crippen molar-refractivity contribution in [3.8, 4) is 5.75 Å². The molecule has 0 aliphatic rings. The van der Waals surface area contributed by atoms with Crippen LogP contribution in [-0.2, 0) is 0 Å². The highest BCUT2D eigenvalue weighted by Crippen LogP contribution is 2.29. The Morgan fingerprint density at radius 1 is 1.36 bits per heavy atom. The average molecular weight is 188 g/mol. The maximum Gasteiger partial charge on any atom is 0.142 e. The number of nitrogens with zero attached hydrogens (tertiary/aromatic N) is 1. The lowest BCUT2D eigenvalue weighted by atomic mass is 10.1. The zero-order chi connectivity index (χ0) is 9.97. The molecule has 0 aliphatic carbocycles. The van der Waals surface area contributed by atoms with E-state index in [1.807, 2.05) is 25.1 Å². The van der Waals surface area contributed by atoms with Crippen LogP contribution in [0, 0.1) is 0 Å². The molecule has 1 aromatic carbocycles. The fourth-order valence-corrected chi connectivity index (χ4v) is 1.45. The number of fused-ring (bicyclic) bond motifs is 1. The second kappa shape index (κ2) is 3.54. The van der Waals surface area contributed by atoms with Crippen LogP contribution in [0.15, 0.2) is 30.6 Å². The van der Waals surface area contributed by atoms with Crippen LogP contribution >= 0.6 is 0 Å². The lowest BCUT2D eigenvalue weighted by molar-refractivity contribution is 0.342. The maximum atomic E-state index is 5.95. The number of benzene rings is 1. The van der Waals surface area contributed by atoms with Gasteiger partial charge in [0.2, 0.25) is 0 Å². The van der Waals surface area contributed by atoms with Crippen LogP contribution in [0.25, 0.3) is 10.8 Å². The molecular formula is C11H12N2O. The van der Waals surface area contributed by atoms with Gasteiger partial charge in [-0.3, -0.25) is 4.98 Å². The van der Waals surface area contributed by atoms with Crippen LogP contribution in [0.1, 0.15) is 6.92 Å². The van der Waals surface area contributed by atoms with Gasteiger partial charge in [0.15, 0.2) is 0 Å². The van der Waals surface area contributed by atoms with Crippen LogP contribution in [0.2, 0.25) is 0 Å². The summed E-state index contributed by atoms with van der Waals surface area (Å²) in [5.74, 6) is 0.742. The third-order valence-electron chi connectivity index (χ3n) is 2.12. The fourth-order valence-electron chi connectivity index (χ4n) is 1.45. The van der Waals surface area contributed by atoms with Gasteiger partial charge in [-0.2, -0.15) is 0 Å². The summed E-state index contributed by atoms with van der Waals surface area (Å²) in [7, 11) is 0. The SMILES string of the molecule is CCOc1ccc2cnccc2c1N. The lowest BCUT2D eigenvalue weighted by Crippen LogP contribution is -1.97. The Balaban J connectivity index is 2.63. The van der Waals surface area contributed by atoms with E-state index in [0.29, 0.717) is 12.3 Å². The van der Waals surface area contributed by atoms with Crippen molar-refractivity contribution in [2.45, 2.75) is 6.92 Å². The third kappa shape index (κ3) is 1.37. The molecule has 1 aromatic heterocycles. The van der Waals surface area contributed by atoms with Crippen molar-refractivity contribution in [3.63, 3.8) is 0 Å². The van der Waals surface area contributed by atoms with Gasteiger partial charge in [0, 0.05) is 23.2 Å². The molecule has 3 heteroatoms. The summed E-state index contributed by atoms with van der Waals surface area (Å²) in [6.45, 7) is 2.57. The van der Waals surface area contributed by atoms with E-state index >= 15 is 0 Å². The maximum absolute atomic E-state index is 5.95. The topological polar surface area (TPSA) is 48.1 Å². The van der Waals surface area contributed by atoms with Gasteiger partial charge < -0.3 is 10.5 Å². The summed E-state index contributed by atoms with van der Waals surface area (Å²) in [5.41, 5.74) is 6.64. The Bertz CT molecular complexity index is 454. The van der Waals surface area contributed by atoms with Crippen LogP contribution in [-0.4, -0.2) is 11.6 Å². The van der Waals surface area contributed by atoms with Crippen molar-refractivity contribution < 1.29 is 4.74 Å². The minimum atomic E-state index is 0.626. The van der Waals surface area contributed by atoms with Crippen molar-refractivity contribution in [2.75, 3.05) is 12.3 Å². The molecule has 0 spiro atoms. The molecule has 0 unspecified atom stereocenters. The van der Waals surface area contributed by atoms with Gasteiger partial charge in [-0.1, -0.05) is 0 Å². The molecule has 1 heterocycles. The van der Waals surface area contributed by atoms with E-state index in [-0.39, 0.29) is 0 Å². The predicted molar refractivity (Wildman–Crippen MR) is 57.3 cm³/mol. The Labute approximate surface area is 82.5 Å². The van der Waals surface area contributed by atoms with Crippen molar-refractivity contribution in [3.05, 3.63) is 30.6 Å². The van der Waals surface area contributed by atoms with E-state index in [9.17, 15) is 0 Å². The molecule has 0 fully saturated rings. The van der Waals surface area contributed by atoms with Gasteiger partial charge >= 0.3 is 0 Å². The molecule has 0 aliphatic heterocycles. The van der Waals surface area contributed by atoms with E-state index < -0.39 is 0 Å². The molecule has 0 atom stereocenters. The monoisotopic (exact) mass is 188 g/mol. The zero-order valence-corrected chi connectivity index (χ0v) is 8.03. The zero-order valence-electron chi connectivity index (χ0n) is 8.03. The molecule has 0 saturated heterocycles.